The van der Waals surface area contributed by atoms with Crippen LogP contribution >= 0.6 is 0 Å². The zero-order valence-corrected chi connectivity index (χ0v) is 17.5. The van der Waals surface area contributed by atoms with Crippen molar-refractivity contribution in [2.24, 2.45) is 0 Å². The molecular weight excluding hydrogens is 424 g/mol. The molecule has 0 atom stereocenters. The smallest absolute Gasteiger partial charge is 0.341 e. The van der Waals surface area contributed by atoms with Crippen molar-refractivity contribution < 1.29 is 17.9 Å². The van der Waals surface area contributed by atoms with Crippen LogP contribution in [0.15, 0.2) is 52.7 Å². The maximum Gasteiger partial charge on any atom is 0.341 e. The summed E-state index contributed by atoms with van der Waals surface area (Å²) in [6.07, 6.45) is 5.35. The lowest BCUT2D eigenvalue weighted by Gasteiger charge is -2.06. The predicted octanol–water partition coefficient (Wildman–Crippen LogP) is 0.934. The summed E-state index contributed by atoms with van der Waals surface area (Å²) < 4.78 is 31.0. The van der Waals surface area contributed by atoms with E-state index >= 15 is 0 Å². The summed E-state index contributed by atoms with van der Waals surface area (Å²) in [7, 11) is -3.28. The highest BCUT2D eigenvalue weighted by Gasteiger charge is 2.15. The summed E-state index contributed by atoms with van der Waals surface area (Å²) in [6.45, 7) is 2.24. The number of imidazole rings is 1. The van der Waals surface area contributed by atoms with Gasteiger partial charge in [-0.2, -0.15) is 10.1 Å². The summed E-state index contributed by atoms with van der Waals surface area (Å²) in [5.41, 5.74) is 1.06. The minimum absolute atomic E-state index is 0.107. The van der Waals surface area contributed by atoms with E-state index in [1.54, 1.807) is 23.6 Å². The number of H-pyrrole nitrogens is 1. The molecule has 0 fully saturated rings. The molecule has 31 heavy (non-hydrogen) atoms. The summed E-state index contributed by atoms with van der Waals surface area (Å²) in [5.74, 6) is -0.417. The van der Waals surface area contributed by atoms with E-state index in [-0.39, 0.29) is 34.2 Å². The van der Waals surface area contributed by atoms with Crippen molar-refractivity contribution in [1.82, 2.24) is 29.3 Å². The van der Waals surface area contributed by atoms with Gasteiger partial charge >= 0.3 is 5.97 Å². The highest BCUT2D eigenvalue weighted by Crippen LogP contribution is 2.14. The molecule has 4 rings (SSSR count). The van der Waals surface area contributed by atoms with Gasteiger partial charge in [-0.05, 0) is 24.6 Å². The first-order valence-electron chi connectivity index (χ1n) is 9.22. The second kappa shape index (κ2) is 7.80. The first-order valence-corrected chi connectivity index (χ1v) is 11.1. The van der Waals surface area contributed by atoms with Gasteiger partial charge in [0.1, 0.15) is 0 Å². The Bertz CT molecular complexity index is 1430. The third-order valence-corrected chi connectivity index (χ3v) is 5.61. The van der Waals surface area contributed by atoms with Gasteiger partial charge in [-0.1, -0.05) is 12.1 Å². The van der Waals surface area contributed by atoms with Crippen LogP contribution in [-0.4, -0.2) is 56.5 Å². The van der Waals surface area contributed by atoms with Crippen LogP contribution in [0, 0.1) is 0 Å². The van der Waals surface area contributed by atoms with Crippen LogP contribution in [0.4, 0.5) is 0 Å². The molecule has 1 aromatic carbocycles. The highest BCUT2D eigenvalue weighted by molar-refractivity contribution is 7.90. The van der Waals surface area contributed by atoms with Crippen molar-refractivity contribution in [3.8, 4) is 5.95 Å². The van der Waals surface area contributed by atoms with Gasteiger partial charge in [-0.3, -0.25) is 9.78 Å². The van der Waals surface area contributed by atoms with E-state index in [4.69, 9.17) is 4.74 Å². The Labute approximate surface area is 176 Å². The molecule has 0 amide bonds. The van der Waals surface area contributed by atoms with Gasteiger partial charge in [0.05, 0.1) is 29.6 Å². The van der Waals surface area contributed by atoms with Crippen LogP contribution in [0.5, 0.6) is 0 Å². The number of nitrogens with one attached hydrogen (secondary N) is 1. The summed E-state index contributed by atoms with van der Waals surface area (Å²) in [4.78, 5) is 35.9. The molecule has 11 nitrogen and oxygen atoms in total. The van der Waals surface area contributed by atoms with E-state index in [9.17, 15) is 18.0 Å². The van der Waals surface area contributed by atoms with Gasteiger partial charge in [0.2, 0.25) is 5.95 Å². The number of ether oxygens (including phenoxy) is 1. The van der Waals surface area contributed by atoms with Crippen LogP contribution in [0.3, 0.4) is 0 Å². The Balaban J connectivity index is 1.64. The maximum atomic E-state index is 12.7. The predicted molar refractivity (Wildman–Crippen MR) is 110 cm³/mol. The van der Waals surface area contributed by atoms with E-state index in [0.717, 1.165) is 11.8 Å². The zero-order valence-electron chi connectivity index (χ0n) is 16.6. The van der Waals surface area contributed by atoms with Crippen LogP contribution in [0.25, 0.3) is 17.1 Å². The Morgan fingerprint density at radius 2 is 1.97 bits per heavy atom. The van der Waals surface area contributed by atoms with Gasteiger partial charge in [0, 0.05) is 19.0 Å². The van der Waals surface area contributed by atoms with Crippen LogP contribution in [0.2, 0.25) is 0 Å². The maximum absolute atomic E-state index is 12.7. The molecule has 0 aliphatic rings. The third kappa shape index (κ3) is 4.10. The number of carbonyl (C=O) groups excluding carboxylic acids is 1. The normalized spacial score (nSPS) is 11.7. The Hall–Kier alpha value is -3.80. The Morgan fingerprint density at radius 3 is 2.65 bits per heavy atom. The molecule has 0 unspecified atom stereocenters. The Kier molecular flexibility index (Phi) is 5.15. The monoisotopic (exact) mass is 442 g/mol. The van der Waals surface area contributed by atoms with E-state index < -0.39 is 21.4 Å². The molecule has 160 valence electrons. The van der Waals surface area contributed by atoms with E-state index in [2.05, 4.69) is 20.1 Å². The SMILES string of the molecule is CCOC(=O)c1cnn(-c2nc3ncn(Cc4ccc(S(C)(=O)=O)cc4)c3c(=O)[nH]2)c1. The van der Waals surface area contributed by atoms with Crippen LogP contribution in [0.1, 0.15) is 22.8 Å². The van der Waals surface area contributed by atoms with Crippen molar-refractivity contribution in [1.29, 1.82) is 0 Å². The molecule has 0 spiro atoms. The lowest BCUT2D eigenvalue weighted by molar-refractivity contribution is 0.0526. The lowest BCUT2D eigenvalue weighted by Crippen LogP contribution is -2.16. The molecule has 0 bridgehead atoms. The van der Waals surface area contributed by atoms with Gasteiger partial charge in [-0.15, -0.1) is 0 Å². The van der Waals surface area contributed by atoms with Gasteiger partial charge in [0.15, 0.2) is 21.0 Å². The number of aromatic nitrogens is 6. The van der Waals surface area contributed by atoms with Gasteiger partial charge in [0.25, 0.3) is 5.56 Å². The lowest BCUT2D eigenvalue weighted by atomic mass is 10.2. The third-order valence-electron chi connectivity index (χ3n) is 4.49. The van der Waals surface area contributed by atoms with E-state index in [1.165, 1.54) is 35.5 Å². The number of benzene rings is 1. The van der Waals surface area contributed by atoms with Crippen LogP contribution in [-0.2, 0) is 21.1 Å². The number of aromatic amines is 1. The number of carbonyl (C=O) groups is 1. The number of nitrogens with zero attached hydrogens (tertiary/aromatic N) is 5. The number of hydrogen-bond acceptors (Lipinski definition) is 8. The number of rotatable bonds is 6. The van der Waals surface area contributed by atoms with Crippen molar-refractivity contribution in [3.05, 3.63) is 64.5 Å². The average molecular weight is 442 g/mol. The van der Waals surface area contributed by atoms with Gasteiger partial charge in [-0.25, -0.2) is 22.9 Å². The van der Waals surface area contributed by atoms with Gasteiger partial charge < -0.3 is 9.30 Å². The number of hydrogen-bond donors (Lipinski definition) is 1. The molecule has 3 aromatic heterocycles. The number of fused-ring (bicyclic) bond motifs is 1. The summed E-state index contributed by atoms with van der Waals surface area (Å²) >= 11 is 0. The standard InChI is InChI=1S/C19H18N6O5S/c1-3-30-18(27)13-8-21-25(10-13)19-22-16-15(17(26)23-19)24(11-20-16)9-12-4-6-14(7-5-12)31(2,28)29/h4-8,10-11H,3,9H2,1-2H3,(H,22,23,26). The second-order valence-corrected chi connectivity index (χ2v) is 8.76. The minimum atomic E-state index is -3.28. The first kappa shape index (κ1) is 20.5. The highest BCUT2D eigenvalue weighted by atomic mass is 32.2. The summed E-state index contributed by atoms with van der Waals surface area (Å²) in [6, 6.07) is 6.39. The average Bonchev–Trinajstić information content (AvgIpc) is 3.36. The number of sulfone groups is 1. The second-order valence-electron chi connectivity index (χ2n) is 6.74. The first-order chi connectivity index (χ1) is 14.8. The Morgan fingerprint density at radius 1 is 1.23 bits per heavy atom. The topological polar surface area (TPSA) is 142 Å². The van der Waals surface area contributed by atoms with E-state index in [0.29, 0.717) is 6.54 Å². The minimum Gasteiger partial charge on any atom is -0.462 e. The fourth-order valence-corrected chi connectivity index (χ4v) is 3.63. The largest absolute Gasteiger partial charge is 0.462 e. The quantitative estimate of drug-likeness (QED) is 0.435. The molecule has 0 saturated heterocycles. The van der Waals surface area contributed by atoms with Crippen molar-refractivity contribution >= 4 is 27.0 Å². The van der Waals surface area contributed by atoms with Crippen molar-refractivity contribution in [2.45, 2.75) is 18.4 Å². The molecule has 0 aliphatic heterocycles. The molecule has 0 saturated carbocycles. The fraction of sp³-hybridized carbons (Fsp3) is 0.211. The van der Waals surface area contributed by atoms with Crippen molar-refractivity contribution in [3.63, 3.8) is 0 Å². The molecular formula is C19H18N6O5S. The zero-order chi connectivity index (χ0) is 22.2. The molecule has 1 N–H and O–H groups in total. The number of esters is 1. The molecule has 0 radical (unpaired) electrons. The molecule has 12 heteroatoms. The van der Waals surface area contributed by atoms with Crippen LogP contribution < -0.4 is 5.56 Å². The molecule has 0 aliphatic carbocycles. The van der Waals surface area contributed by atoms with Crippen molar-refractivity contribution in [2.75, 3.05) is 12.9 Å². The summed E-state index contributed by atoms with van der Waals surface area (Å²) in [5, 5.41) is 4.04. The van der Waals surface area contributed by atoms with E-state index in [1.807, 2.05) is 0 Å². The molecule has 4 aromatic rings. The fourth-order valence-electron chi connectivity index (χ4n) is 3.00. The molecule has 3 heterocycles.